The van der Waals surface area contributed by atoms with E-state index in [0.29, 0.717) is 32.7 Å². The molecule has 0 heterocycles. The fourth-order valence-electron chi connectivity index (χ4n) is 2.86. The van der Waals surface area contributed by atoms with Crippen LogP contribution in [0.25, 0.3) is 0 Å². The lowest BCUT2D eigenvalue weighted by Crippen LogP contribution is -2.06. The molecule has 0 aliphatic carbocycles. The number of hydrogen-bond donors (Lipinski definition) is 0. The van der Waals surface area contributed by atoms with Crippen molar-refractivity contribution in [1.82, 2.24) is 0 Å². The zero-order valence-electron chi connectivity index (χ0n) is 18.0. The predicted molar refractivity (Wildman–Crippen MR) is 109 cm³/mol. The minimum absolute atomic E-state index is 0.0892. The largest absolute Gasteiger partial charge is 0.466 e. The van der Waals surface area contributed by atoms with Crippen LogP contribution >= 0.6 is 0 Å². The molecule has 0 atom stereocenters. The first-order valence-electron chi connectivity index (χ1n) is 11.0. The monoisotopic (exact) mass is 400 g/mol. The summed E-state index contributed by atoms with van der Waals surface area (Å²) in [4.78, 5) is 33.4. The topological polar surface area (TPSA) is 78.9 Å². The second kappa shape index (κ2) is 20.2. The van der Waals surface area contributed by atoms with E-state index in [1.807, 2.05) is 6.92 Å². The normalized spacial score (nSPS) is 10.5. The molecule has 0 saturated carbocycles. The summed E-state index contributed by atoms with van der Waals surface area (Å²) in [5.74, 6) is -0.424. The molecule has 0 spiro atoms. The van der Waals surface area contributed by atoms with E-state index in [1.165, 1.54) is 19.8 Å². The summed E-state index contributed by atoms with van der Waals surface area (Å²) in [7, 11) is 0. The number of esters is 3. The van der Waals surface area contributed by atoms with Crippen LogP contribution in [0.3, 0.4) is 0 Å². The Morgan fingerprint density at radius 2 is 0.929 bits per heavy atom. The highest BCUT2D eigenvalue weighted by molar-refractivity contribution is 5.69. The van der Waals surface area contributed by atoms with Gasteiger partial charge >= 0.3 is 17.9 Å². The Hall–Kier alpha value is -1.59. The van der Waals surface area contributed by atoms with Gasteiger partial charge in [-0.25, -0.2) is 0 Å². The molecule has 6 heteroatoms. The Balaban J connectivity index is 3.23. The number of carbonyl (C=O) groups is 3. The maximum absolute atomic E-state index is 11.6. The number of rotatable bonds is 19. The van der Waals surface area contributed by atoms with Crippen molar-refractivity contribution in [3.8, 4) is 0 Å². The smallest absolute Gasteiger partial charge is 0.305 e. The SMILES string of the molecule is CCOC(=O)CCCCCCCCCCC(=O)OCCCCCCOC(C)=O. The average Bonchev–Trinajstić information content (AvgIpc) is 2.65. The Morgan fingerprint density at radius 3 is 1.39 bits per heavy atom. The van der Waals surface area contributed by atoms with Crippen LogP contribution in [-0.4, -0.2) is 37.7 Å². The van der Waals surface area contributed by atoms with E-state index in [2.05, 4.69) is 0 Å². The second-order valence-corrected chi connectivity index (χ2v) is 7.11. The van der Waals surface area contributed by atoms with E-state index >= 15 is 0 Å². The molecule has 0 aliphatic heterocycles. The van der Waals surface area contributed by atoms with Crippen LogP contribution in [0.4, 0.5) is 0 Å². The van der Waals surface area contributed by atoms with Gasteiger partial charge in [0.05, 0.1) is 19.8 Å². The highest BCUT2D eigenvalue weighted by atomic mass is 16.5. The molecule has 6 nitrogen and oxygen atoms in total. The summed E-state index contributed by atoms with van der Waals surface area (Å²) in [6, 6.07) is 0. The first-order valence-corrected chi connectivity index (χ1v) is 11.0. The first kappa shape index (κ1) is 26.4. The maximum atomic E-state index is 11.6. The molecule has 0 N–H and O–H groups in total. The van der Waals surface area contributed by atoms with Gasteiger partial charge in [-0.1, -0.05) is 38.5 Å². The minimum Gasteiger partial charge on any atom is -0.466 e. The van der Waals surface area contributed by atoms with Crippen LogP contribution in [-0.2, 0) is 28.6 Å². The summed E-state index contributed by atoms with van der Waals surface area (Å²) >= 11 is 0. The average molecular weight is 401 g/mol. The Labute approximate surface area is 170 Å². The molecule has 0 saturated heterocycles. The third kappa shape index (κ3) is 20.7. The van der Waals surface area contributed by atoms with E-state index in [4.69, 9.17) is 14.2 Å². The summed E-state index contributed by atoms with van der Waals surface area (Å²) in [5.41, 5.74) is 0. The van der Waals surface area contributed by atoms with Crippen molar-refractivity contribution < 1.29 is 28.6 Å². The summed E-state index contributed by atoms with van der Waals surface area (Å²) < 4.78 is 15.0. The lowest BCUT2D eigenvalue weighted by Gasteiger charge is -2.05. The van der Waals surface area contributed by atoms with Gasteiger partial charge in [0.15, 0.2) is 0 Å². The van der Waals surface area contributed by atoms with Gasteiger partial charge < -0.3 is 14.2 Å². The Kier molecular flexibility index (Phi) is 19.0. The molecule has 0 aliphatic rings. The molecule has 0 unspecified atom stereocenters. The van der Waals surface area contributed by atoms with Crippen LogP contribution < -0.4 is 0 Å². The third-order valence-corrected chi connectivity index (χ3v) is 4.42. The van der Waals surface area contributed by atoms with Gasteiger partial charge in [-0.3, -0.25) is 14.4 Å². The van der Waals surface area contributed by atoms with Crippen LogP contribution in [0.5, 0.6) is 0 Å². The molecule has 0 rings (SSSR count). The molecule has 0 amide bonds. The van der Waals surface area contributed by atoms with Gasteiger partial charge in [0, 0.05) is 19.8 Å². The molecule has 0 aromatic rings. The molecule has 0 bridgehead atoms. The molecule has 0 radical (unpaired) electrons. The second-order valence-electron chi connectivity index (χ2n) is 7.11. The summed E-state index contributed by atoms with van der Waals surface area (Å²) in [6.45, 7) is 4.67. The van der Waals surface area contributed by atoms with Gasteiger partial charge in [0.25, 0.3) is 0 Å². The first-order chi connectivity index (χ1) is 13.6. The van der Waals surface area contributed by atoms with Crippen LogP contribution in [0.1, 0.15) is 104 Å². The zero-order chi connectivity index (χ0) is 20.9. The third-order valence-electron chi connectivity index (χ3n) is 4.42. The van der Waals surface area contributed by atoms with Crippen molar-refractivity contribution in [2.75, 3.05) is 19.8 Å². The van der Waals surface area contributed by atoms with Gasteiger partial charge in [-0.15, -0.1) is 0 Å². The number of hydrogen-bond acceptors (Lipinski definition) is 6. The summed E-state index contributed by atoms with van der Waals surface area (Å²) in [5, 5.41) is 0. The van der Waals surface area contributed by atoms with Crippen molar-refractivity contribution >= 4 is 17.9 Å². The maximum Gasteiger partial charge on any atom is 0.305 e. The van der Waals surface area contributed by atoms with Crippen molar-refractivity contribution in [3.63, 3.8) is 0 Å². The van der Waals surface area contributed by atoms with E-state index < -0.39 is 0 Å². The van der Waals surface area contributed by atoms with E-state index in [9.17, 15) is 14.4 Å². The molecular formula is C22H40O6. The number of ether oxygens (including phenoxy) is 3. The van der Waals surface area contributed by atoms with Crippen molar-refractivity contribution in [3.05, 3.63) is 0 Å². The Morgan fingerprint density at radius 1 is 0.536 bits per heavy atom. The molecule has 0 aromatic heterocycles. The summed E-state index contributed by atoms with van der Waals surface area (Å²) in [6.07, 6.45) is 13.3. The highest BCUT2D eigenvalue weighted by Crippen LogP contribution is 2.11. The molecule has 0 fully saturated rings. The quantitative estimate of drug-likeness (QED) is 0.170. The van der Waals surface area contributed by atoms with Gasteiger partial charge in [-0.05, 0) is 45.4 Å². The van der Waals surface area contributed by atoms with Crippen LogP contribution in [0.15, 0.2) is 0 Å². The van der Waals surface area contributed by atoms with Gasteiger partial charge in [-0.2, -0.15) is 0 Å². The fourth-order valence-corrected chi connectivity index (χ4v) is 2.86. The van der Waals surface area contributed by atoms with Gasteiger partial charge in [0.2, 0.25) is 0 Å². The van der Waals surface area contributed by atoms with Crippen LogP contribution in [0.2, 0.25) is 0 Å². The molecule has 0 aromatic carbocycles. The minimum atomic E-state index is -0.236. The highest BCUT2D eigenvalue weighted by Gasteiger charge is 2.03. The number of unbranched alkanes of at least 4 members (excludes halogenated alkanes) is 10. The van der Waals surface area contributed by atoms with E-state index in [0.717, 1.165) is 64.2 Å². The van der Waals surface area contributed by atoms with E-state index in [-0.39, 0.29) is 17.9 Å². The molecular weight excluding hydrogens is 360 g/mol. The zero-order valence-corrected chi connectivity index (χ0v) is 18.0. The lowest BCUT2D eigenvalue weighted by molar-refractivity contribution is -0.144. The Bertz CT molecular complexity index is 408. The fraction of sp³-hybridized carbons (Fsp3) is 0.864. The van der Waals surface area contributed by atoms with Crippen LogP contribution in [0, 0.1) is 0 Å². The predicted octanol–water partition coefficient (Wildman–Crippen LogP) is 5.12. The molecule has 28 heavy (non-hydrogen) atoms. The van der Waals surface area contributed by atoms with E-state index in [1.54, 1.807) is 0 Å². The lowest BCUT2D eigenvalue weighted by atomic mass is 10.1. The number of carbonyl (C=O) groups excluding carboxylic acids is 3. The van der Waals surface area contributed by atoms with Crippen molar-refractivity contribution in [1.29, 1.82) is 0 Å². The molecule has 164 valence electrons. The standard InChI is InChI=1S/C22H40O6/c1-3-26-21(24)16-12-8-6-4-5-7-9-13-17-22(25)28-19-15-11-10-14-18-27-20(2)23/h3-19H2,1-2H3. The van der Waals surface area contributed by atoms with Gasteiger partial charge in [0.1, 0.15) is 0 Å². The van der Waals surface area contributed by atoms with Crippen molar-refractivity contribution in [2.24, 2.45) is 0 Å². The van der Waals surface area contributed by atoms with Crippen molar-refractivity contribution in [2.45, 2.75) is 104 Å².